The Kier molecular flexibility index (Phi) is 7.74. The van der Waals surface area contributed by atoms with E-state index in [9.17, 15) is 14.7 Å². The molecule has 3 rings (SSSR count). The minimum Gasteiger partial charge on any atom is -0.507 e. The zero-order chi connectivity index (χ0) is 23.4. The van der Waals surface area contributed by atoms with Gasteiger partial charge in [0, 0.05) is 17.0 Å². The summed E-state index contributed by atoms with van der Waals surface area (Å²) in [6.07, 6.45) is 0.739. The van der Waals surface area contributed by atoms with Crippen molar-refractivity contribution in [1.29, 1.82) is 0 Å². The Balaban J connectivity index is 1.98. The molecule has 1 aliphatic rings. The molecule has 1 atom stereocenters. The van der Waals surface area contributed by atoms with E-state index in [1.807, 2.05) is 43.4 Å². The number of thiophene rings is 1. The van der Waals surface area contributed by atoms with Crippen LogP contribution in [0.15, 0.2) is 41.3 Å². The molecule has 0 saturated carbocycles. The maximum absolute atomic E-state index is 13.0. The van der Waals surface area contributed by atoms with Crippen molar-refractivity contribution < 1.29 is 19.4 Å². The summed E-state index contributed by atoms with van der Waals surface area (Å²) in [7, 11) is 3.95. The van der Waals surface area contributed by atoms with Crippen LogP contribution in [0.4, 0.5) is 0 Å². The van der Waals surface area contributed by atoms with Crippen LogP contribution in [-0.4, -0.2) is 60.4 Å². The Morgan fingerprint density at radius 2 is 2.00 bits per heavy atom. The van der Waals surface area contributed by atoms with Crippen LogP contribution in [0, 0.1) is 12.8 Å². The fraction of sp³-hybridized carbons (Fsp3) is 0.440. The molecule has 1 aromatic carbocycles. The van der Waals surface area contributed by atoms with E-state index in [1.165, 1.54) is 11.3 Å². The smallest absolute Gasteiger partial charge is 0.295 e. The van der Waals surface area contributed by atoms with E-state index >= 15 is 0 Å². The second kappa shape index (κ2) is 10.3. The van der Waals surface area contributed by atoms with Crippen molar-refractivity contribution in [3.05, 3.63) is 57.3 Å². The van der Waals surface area contributed by atoms with Gasteiger partial charge in [0.25, 0.3) is 11.7 Å². The molecule has 1 saturated heterocycles. The summed E-state index contributed by atoms with van der Waals surface area (Å²) in [6.45, 7) is 7.92. The first kappa shape index (κ1) is 24.0. The average Bonchev–Trinajstić information content (AvgIpc) is 3.34. The van der Waals surface area contributed by atoms with Crippen LogP contribution in [0.1, 0.15) is 42.3 Å². The summed E-state index contributed by atoms with van der Waals surface area (Å²) in [5.41, 5.74) is 1.52. The molecule has 0 bridgehead atoms. The summed E-state index contributed by atoms with van der Waals surface area (Å²) in [5.74, 6) is -0.192. The van der Waals surface area contributed by atoms with Gasteiger partial charge in [-0.15, -0.1) is 11.3 Å². The second-order valence-corrected chi connectivity index (χ2v) is 9.83. The number of hydrogen-bond acceptors (Lipinski definition) is 6. The molecule has 1 N–H and O–H groups in total. The van der Waals surface area contributed by atoms with E-state index in [4.69, 9.17) is 4.74 Å². The SMILES string of the molecule is Cc1cc(/C(O)=C2/C(=O)C(=O)N(CCCN(C)C)C2c2cccs2)ccc1OCC(C)C. The zero-order valence-electron chi connectivity index (χ0n) is 19.4. The molecule has 1 aromatic heterocycles. The predicted octanol–water partition coefficient (Wildman–Crippen LogP) is 4.46. The van der Waals surface area contributed by atoms with E-state index in [2.05, 4.69) is 13.8 Å². The molecule has 1 fully saturated rings. The van der Waals surface area contributed by atoms with Gasteiger partial charge in [-0.25, -0.2) is 0 Å². The topological polar surface area (TPSA) is 70.1 Å². The van der Waals surface area contributed by atoms with Gasteiger partial charge in [0.2, 0.25) is 0 Å². The van der Waals surface area contributed by atoms with E-state index in [-0.39, 0.29) is 11.3 Å². The highest BCUT2D eigenvalue weighted by molar-refractivity contribution is 7.10. The molecule has 2 heterocycles. The number of carbonyl (C=O) groups is 2. The summed E-state index contributed by atoms with van der Waals surface area (Å²) >= 11 is 1.48. The molecule has 172 valence electrons. The van der Waals surface area contributed by atoms with Crippen molar-refractivity contribution in [2.24, 2.45) is 5.92 Å². The van der Waals surface area contributed by atoms with E-state index < -0.39 is 17.7 Å². The van der Waals surface area contributed by atoms with Crippen LogP contribution < -0.4 is 4.74 Å². The second-order valence-electron chi connectivity index (χ2n) is 8.85. The summed E-state index contributed by atoms with van der Waals surface area (Å²) < 4.78 is 5.83. The lowest BCUT2D eigenvalue weighted by atomic mass is 9.98. The number of aliphatic hydroxyl groups is 1. The fourth-order valence-corrected chi connectivity index (χ4v) is 4.63. The first-order valence-electron chi connectivity index (χ1n) is 10.9. The lowest BCUT2D eigenvalue weighted by Gasteiger charge is -2.24. The number of aryl methyl sites for hydroxylation is 1. The number of Topliss-reactive ketones (excluding diaryl/α,β-unsaturated/α-hetero) is 1. The average molecular weight is 457 g/mol. The van der Waals surface area contributed by atoms with Crippen molar-refractivity contribution in [3.63, 3.8) is 0 Å². The normalized spacial score (nSPS) is 18.2. The number of amides is 1. The number of hydrogen-bond donors (Lipinski definition) is 1. The van der Waals surface area contributed by atoms with Gasteiger partial charge < -0.3 is 19.6 Å². The predicted molar refractivity (Wildman–Crippen MR) is 128 cm³/mol. The van der Waals surface area contributed by atoms with Crippen molar-refractivity contribution in [2.75, 3.05) is 33.8 Å². The first-order valence-corrected chi connectivity index (χ1v) is 11.8. The van der Waals surface area contributed by atoms with Gasteiger partial charge in [-0.1, -0.05) is 19.9 Å². The molecule has 6 nitrogen and oxygen atoms in total. The number of nitrogens with zero attached hydrogens (tertiary/aromatic N) is 2. The maximum atomic E-state index is 13.0. The molecule has 0 spiro atoms. The largest absolute Gasteiger partial charge is 0.507 e. The number of ketones is 1. The van der Waals surface area contributed by atoms with Crippen LogP contribution in [0.25, 0.3) is 5.76 Å². The Hall–Kier alpha value is -2.64. The quantitative estimate of drug-likeness (QED) is 0.343. The monoisotopic (exact) mass is 456 g/mol. The van der Waals surface area contributed by atoms with Gasteiger partial charge in [0.05, 0.1) is 18.2 Å². The van der Waals surface area contributed by atoms with E-state index in [1.54, 1.807) is 23.1 Å². The Labute approximate surface area is 194 Å². The van der Waals surface area contributed by atoms with Crippen molar-refractivity contribution in [1.82, 2.24) is 9.80 Å². The fourth-order valence-electron chi connectivity index (χ4n) is 3.78. The van der Waals surface area contributed by atoms with Gasteiger partial charge in [0.15, 0.2) is 0 Å². The highest BCUT2D eigenvalue weighted by Gasteiger charge is 2.46. The Bertz CT molecular complexity index is 995. The lowest BCUT2D eigenvalue weighted by molar-refractivity contribution is -0.139. The number of likely N-dealkylation sites (tertiary alicyclic amines) is 1. The number of rotatable bonds is 9. The number of aliphatic hydroxyl groups excluding tert-OH is 1. The molecule has 1 aliphatic heterocycles. The van der Waals surface area contributed by atoms with Crippen LogP contribution >= 0.6 is 11.3 Å². The first-order chi connectivity index (χ1) is 15.2. The number of carbonyl (C=O) groups excluding carboxylic acids is 2. The molecule has 32 heavy (non-hydrogen) atoms. The molecule has 1 amide bonds. The van der Waals surface area contributed by atoms with Gasteiger partial charge in [-0.05, 0) is 75.1 Å². The highest BCUT2D eigenvalue weighted by atomic mass is 32.1. The minimum absolute atomic E-state index is 0.143. The molecule has 1 unspecified atom stereocenters. The lowest BCUT2D eigenvalue weighted by Crippen LogP contribution is -2.32. The van der Waals surface area contributed by atoms with Crippen molar-refractivity contribution in [3.8, 4) is 5.75 Å². The Morgan fingerprint density at radius 1 is 1.25 bits per heavy atom. The molecular weight excluding hydrogens is 424 g/mol. The Morgan fingerprint density at radius 3 is 2.59 bits per heavy atom. The highest BCUT2D eigenvalue weighted by Crippen LogP contribution is 2.41. The standard InChI is InChI=1S/C25H32N2O4S/c1-16(2)15-31-19-10-9-18(14-17(19)3)23(28)21-22(20-8-6-13-32-20)27(25(30)24(21)29)12-7-11-26(4)5/h6,8-10,13-14,16,22,28H,7,11-12,15H2,1-5H3/b23-21-. The molecule has 2 aromatic rings. The molecule has 0 radical (unpaired) electrons. The van der Waals surface area contributed by atoms with Gasteiger partial charge >= 0.3 is 0 Å². The van der Waals surface area contributed by atoms with Gasteiger partial charge in [-0.3, -0.25) is 9.59 Å². The van der Waals surface area contributed by atoms with Crippen LogP contribution in [-0.2, 0) is 9.59 Å². The minimum atomic E-state index is -0.636. The maximum Gasteiger partial charge on any atom is 0.295 e. The third-order valence-electron chi connectivity index (χ3n) is 5.38. The molecule has 7 heteroatoms. The number of benzene rings is 1. The van der Waals surface area contributed by atoms with Crippen LogP contribution in [0.2, 0.25) is 0 Å². The number of ether oxygens (including phenoxy) is 1. The third kappa shape index (κ3) is 5.22. The zero-order valence-corrected chi connectivity index (χ0v) is 20.2. The van der Waals surface area contributed by atoms with Crippen LogP contribution in [0.5, 0.6) is 5.75 Å². The molecular formula is C25H32N2O4S. The van der Waals surface area contributed by atoms with E-state index in [0.717, 1.165) is 29.2 Å². The van der Waals surface area contributed by atoms with Gasteiger partial charge in [0.1, 0.15) is 11.5 Å². The summed E-state index contributed by atoms with van der Waals surface area (Å²) in [4.78, 5) is 30.4. The van der Waals surface area contributed by atoms with Crippen molar-refractivity contribution >= 4 is 28.8 Å². The third-order valence-corrected chi connectivity index (χ3v) is 6.30. The van der Waals surface area contributed by atoms with Crippen LogP contribution in [0.3, 0.4) is 0 Å². The van der Waals surface area contributed by atoms with Gasteiger partial charge in [-0.2, -0.15) is 0 Å². The van der Waals surface area contributed by atoms with E-state index in [0.29, 0.717) is 24.6 Å². The van der Waals surface area contributed by atoms with Crippen molar-refractivity contribution in [2.45, 2.75) is 33.2 Å². The molecule has 0 aliphatic carbocycles. The summed E-state index contributed by atoms with van der Waals surface area (Å²) in [5, 5.41) is 13.1. The summed E-state index contributed by atoms with van der Waals surface area (Å²) in [6, 6.07) is 8.57.